The molecule has 0 aliphatic carbocycles. The Morgan fingerprint density at radius 2 is 1.79 bits per heavy atom. The molecule has 1 amide bonds. The molecule has 4 nitrogen and oxygen atoms in total. The fraction of sp³-hybridized carbons (Fsp3) is 0.0909. The highest BCUT2D eigenvalue weighted by atomic mass is 35.5. The van der Waals surface area contributed by atoms with Crippen LogP contribution in [0.1, 0.15) is 10.4 Å². The highest BCUT2D eigenvalue weighted by Gasteiger charge is 2.18. The van der Waals surface area contributed by atoms with Gasteiger partial charge < -0.3 is 5.32 Å². The van der Waals surface area contributed by atoms with Crippen molar-refractivity contribution in [3.63, 3.8) is 0 Å². The van der Waals surface area contributed by atoms with Crippen LogP contribution in [0.15, 0.2) is 18.3 Å². The maximum atomic E-state index is 11.6. The van der Waals surface area contributed by atoms with Crippen LogP contribution in [0.4, 0.5) is 0 Å². The molecule has 1 heterocycles. The number of hydrogen-bond donors (Lipinski definition) is 1. The van der Waals surface area contributed by atoms with Gasteiger partial charge >= 0.3 is 0 Å². The molecule has 19 heavy (non-hydrogen) atoms. The summed E-state index contributed by atoms with van der Waals surface area (Å²) >= 11 is 23.9. The average Bonchev–Trinajstić information content (AvgIpc) is 2.75. The van der Waals surface area contributed by atoms with Gasteiger partial charge in [0.1, 0.15) is 5.15 Å². The molecule has 1 aromatic heterocycles. The van der Waals surface area contributed by atoms with E-state index in [0.717, 1.165) is 0 Å². The van der Waals surface area contributed by atoms with Crippen molar-refractivity contribution >= 4 is 52.3 Å². The Kier molecular flexibility index (Phi) is 4.26. The first-order valence-electron chi connectivity index (χ1n) is 5.06. The van der Waals surface area contributed by atoms with Crippen LogP contribution in [0.25, 0.3) is 5.69 Å². The number of aromatic nitrogens is 2. The van der Waals surface area contributed by atoms with E-state index in [1.165, 1.54) is 30.1 Å². The minimum Gasteiger partial charge on any atom is -0.355 e. The summed E-state index contributed by atoms with van der Waals surface area (Å²) in [6.07, 6.45) is 1.35. The third-order valence-corrected chi connectivity index (χ3v) is 3.79. The monoisotopic (exact) mass is 337 g/mol. The molecule has 0 radical (unpaired) electrons. The molecule has 0 aliphatic heterocycles. The van der Waals surface area contributed by atoms with E-state index < -0.39 is 0 Å². The number of benzene rings is 1. The summed E-state index contributed by atoms with van der Waals surface area (Å²) in [5, 5.41) is 7.59. The Bertz CT molecular complexity index is 654. The quantitative estimate of drug-likeness (QED) is 0.845. The van der Waals surface area contributed by atoms with Gasteiger partial charge in [0.2, 0.25) is 0 Å². The molecule has 0 bridgehead atoms. The van der Waals surface area contributed by atoms with Gasteiger partial charge in [-0.05, 0) is 12.1 Å². The summed E-state index contributed by atoms with van der Waals surface area (Å²) in [5.41, 5.74) is 0.683. The van der Waals surface area contributed by atoms with E-state index in [-0.39, 0.29) is 16.6 Å². The van der Waals surface area contributed by atoms with Crippen LogP contribution in [0.2, 0.25) is 20.2 Å². The first-order chi connectivity index (χ1) is 8.95. The Labute approximate surface area is 129 Å². The summed E-state index contributed by atoms with van der Waals surface area (Å²) in [6.45, 7) is 0. The Morgan fingerprint density at radius 3 is 2.42 bits per heavy atom. The van der Waals surface area contributed by atoms with E-state index in [1.54, 1.807) is 0 Å². The van der Waals surface area contributed by atoms with Crippen LogP contribution >= 0.6 is 46.4 Å². The van der Waals surface area contributed by atoms with E-state index in [2.05, 4.69) is 10.4 Å². The van der Waals surface area contributed by atoms with E-state index in [0.29, 0.717) is 20.8 Å². The van der Waals surface area contributed by atoms with Gasteiger partial charge in [-0.3, -0.25) is 4.79 Å². The Hall–Kier alpha value is -0.940. The largest absolute Gasteiger partial charge is 0.355 e. The zero-order chi connectivity index (χ0) is 14.2. The summed E-state index contributed by atoms with van der Waals surface area (Å²) in [5.74, 6) is -0.340. The second-order valence-electron chi connectivity index (χ2n) is 3.56. The molecule has 0 spiro atoms. The minimum absolute atomic E-state index is 0.139. The standard InChI is InChI=1S/C11H7Cl4N3O/c1-16-11(19)5-4-17-18(10(5)15)9-3-7(13)6(12)2-8(9)14/h2-4H,1H3,(H,16,19). The van der Waals surface area contributed by atoms with Crippen molar-refractivity contribution in [3.05, 3.63) is 44.1 Å². The molecule has 0 aliphatic rings. The van der Waals surface area contributed by atoms with Crippen molar-refractivity contribution in [2.24, 2.45) is 0 Å². The molecule has 2 aromatic rings. The maximum Gasteiger partial charge on any atom is 0.255 e. The number of nitrogens with zero attached hydrogens (tertiary/aromatic N) is 2. The van der Waals surface area contributed by atoms with Crippen LogP contribution in [-0.2, 0) is 0 Å². The predicted octanol–water partition coefficient (Wildman–Crippen LogP) is 3.85. The van der Waals surface area contributed by atoms with Gasteiger partial charge in [-0.2, -0.15) is 5.10 Å². The lowest BCUT2D eigenvalue weighted by molar-refractivity contribution is 0.0963. The van der Waals surface area contributed by atoms with Gasteiger partial charge in [0, 0.05) is 7.05 Å². The SMILES string of the molecule is CNC(=O)c1cnn(-c2cc(Cl)c(Cl)cc2Cl)c1Cl. The van der Waals surface area contributed by atoms with Crippen LogP contribution in [-0.4, -0.2) is 22.7 Å². The Morgan fingerprint density at radius 1 is 1.16 bits per heavy atom. The molecule has 100 valence electrons. The van der Waals surface area contributed by atoms with Crippen LogP contribution in [0.5, 0.6) is 0 Å². The summed E-state index contributed by atoms with van der Waals surface area (Å²) in [6, 6.07) is 3.01. The predicted molar refractivity (Wildman–Crippen MR) is 77.0 cm³/mol. The van der Waals surface area contributed by atoms with Gasteiger partial charge in [0.05, 0.1) is 32.5 Å². The second kappa shape index (κ2) is 5.59. The third-order valence-electron chi connectivity index (χ3n) is 2.40. The highest BCUT2D eigenvalue weighted by Crippen LogP contribution is 2.32. The molecular formula is C11H7Cl4N3O. The van der Waals surface area contributed by atoms with E-state index in [1.807, 2.05) is 0 Å². The van der Waals surface area contributed by atoms with Crippen molar-refractivity contribution in [1.29, 1.82) is 0 Å². The highest BCUT2D eigenvalue weighted by molar-refractivity contribution is 6.43. The van der Waals surface area contributed by atoms with Gasteiger partial charge in [0.15, 0.2) is 0 Å². The van der Waals surface area contributed by atoms with E-state index in [9.17, 15) is 4.79 Å². The van der Waals surface area contributed by atoms with Crippen molar-refractivity contribution in [3.8, 4) is 5.69 Å². The Balaban J connectivity index is 2.57. The van der Waals surface area contributed by atoms with Crippen LogP contribution < -0.4 is 5.32 Å². The summed E-state index contributed by atoms with van der Waals surface area (Å²) in [7, 11) is 1.50. The molecule has 0 unspecified atom stereocenters. The number of amides is 1. The first kappa shape index (κ1) is 14.5. The summed E-state index contributed by atoms with van der Waals surface area (Å²) in [4.78, 5) is 11.6. The minimum atomic E-state index is -0.340. The first-order valence-corrected chi connectivity index (χ1v) is 6.57. The topological polar surface area (TPSA) is 46.9 Å². The zero-order valence-electron chi connectivity index (χ0n) is 9.55. The van der Waals surface area contributed by atoms with Gasteiger partial charge in [-0.1, -0.05) is 46.4 Å². The van der Waals surface area contributed by atoms with Gasteiger partial charge in [-0.25, -0.2) is 4.68 Å². The average molecular weight is 339 g/mol. The number of nitrogens with one attached hydrogen (secondary N) is 1. The maximum absolute atomic E-state index is 11.6. The van der Waals surface area contributed by atoms with Crippen molar-refractivity contribution in [1.82, 2.24) is 15.1 Å². The fourth-order valence-corrected chi connectivity index (χ4v) is 2.35. The number of carbonyl (C=O) groups excluding carboxylic acids is 1. The van der Waals surface area contributed by atoms with E-state index >= 15 is 0 Å². The smallest absolute Gasteiger partial charge is 0.255 e. The molecule has 2 rings (SSSR count). The molecule has 0 saturated heterocycles. The molecular weight excluding hydrogens is 332 g/mol. The zero-order valence-corrected chi connectivity index (χ0v) is 12.6. The molecule has 0 saturated carbocycles. The van der Waals surface area contributed by atoms with Gasteiger partial charge in [-0.15, -0.1) is 0 Å². The number of hydrogen-bond acceptors (Lipinski definition) is 2. The molecule has 1 aromatic carbocycles. The lowest BCUT2D eigenvalue weighted by atomic mass is 10.3. The van der Waals surface area contributed by atoms with Gasteiger partial charge in [0.25, 0.3) is 5.91 Å². The lowest BCUT2D eigenvalue weighted by Crippen LogP contribution is -2.17. The van der Waals surface area contributed by atoms with Crippen molar-refractivity contribution in [2.75, 3.05) is 7.05 Å². The van der Waals surface area contributed by atoms with Crippen LogP contribution in [0, 0.1) is 0 Å². The number of carbonyl (C=O) groups is 1. The second-order valence-corrected chi connectivity index (χ2v) is 5.14. The normalized spacial score (nSPS) is 10.6. The lowest BCUT2D eigenvalue weighted by Gasteiger charge is -2.08. The molecule has 0 atom stereocenters. The molecule has 8 heteroatoms. The molecule has 1 N–H and O–H groups in total. The fourth-order valence-electron chi connectivity index (χ4n) is 1.46. The van der Waals surface area contributed by atoms with Crippen LogP contribution in [0.3, 0.4) is 0 Å². The number of halogens is 4. The van der Waals surface area contributed by atoms with Crippen molar-refractivity contribution in [2.45, 2.75) is 0 Å². The molecule has 0 fully saturated rings. The number of rotatable bonds is 2. The third kappa shape index (κ3) is 2.67. The summed E-state index contributed by atoms with van der Waals surface area (Å²) < 4.78 is 1.32. The van der Waals surface area contributed by atoms with Crippen molar-refractivity contribution < 1.29 is 4.79 Å². The van der Waals surface area contributed by atoms with E-state index in [4.69, 9.17) is 46.4 Å².